The predicted octanol–water partition coefficient (Wildman–Crippen LogP) is 6.27. The van der Waals surface area contributed by atoms with Gasteiger partial charge in [0.25, 0.3) is 0 Å². The van der Waals surface area contributed by atoms with Crippen LogP contribution in [-0.2, 0) is 16.1 Å². The summed E-state index contributed by atoms with van der Waals surface area (Å²) in [6, 6.07) is 20.0. The summed E-state index contributed by atoms with van der Waals surface area (Å²) in [6.45, 7) is 5.49. The first-order chi connectivity index (χ1) is 17.1. The third kappa shape index (κ3) is 5.50. The number of aromatic nitrogens is 3. The molecule has 1 aliphatic heterocycles. The molecule has 2 atom stereocenters. The number of amides is 1. The van der Waals surface area contributed by atoms with Gasteiger partial charge in [-0.1, -0.05) is 60.3 Å². The molecular formula is C27H28N4O2S2. The first-order valence-electron chi connectivity index (χ1n) is 11.8. The number of thioether (sulfide) groups is 1. The van der Waals surface area contributed by atoms with E-state index >= 15 is 0 Å². The summed E-state index contributed by atoms with van der Waals surface area (Å²) in [7, 11) is 0. The van der Waals surface area contributed by atoms with Crippen molar-refractivity contribution in [1.29, 1.82) is 0 Å². The molecule has 4 aromatic rings. The van der Waals surface area contributed by atoms with E-state index in [0.717, 1.165) is 52.5 Å². The van der Waals surface area contributed by atoms with E-state index in [1.165, 1.54) is 11.8 Å². The first kappa shape index (κ1) is 23.8. The van der Waals surface area contributed by atoms with Crippen LogP contribution in [0.5, 0.6) is 0 Å². The molecular weight excluding hydrogens is 476 g/mol. The van der Waals surface area contributed by atoms with Crippen LogP contribution in [0.4, 0.5) is 5.69 Å². The van der Waals surface area contributed by atoms with Gasteiger partial charge in [-0.25, -0.2) is 0 Å². The van der Waals surface area contributed by atoms with E-state index in [1.807, 2.05) is 73.8 Å². The van der Waals surface area contributed by atoms with Crippen molar-refractivity contribution >= 4 is 34.7 Å². The molecule has 2 aromatic carbocycles. The number of carbonyl (C=O) groups excluding carboxylic acids is 1. The van der Waals surface area contributed by atoms with Crippen molar-refractivity contribution in [2.75, 3.05) is 11.9 Å². The molecule has 3 heterocycles. The van der Waals surface area contributed by atoms with Crippen LogP contribution in [0.15, 0.2) is 71.2 Å². The molecule has 0 saturated carbocycles. The second-order valence-electron chi connectivity index (χ2n) is 8.75. The molecule has 0 radical (unpaired) electrons. The summed E-state index contributed by atoms with van der Waals surface area (Å²) in [6.07, 6.45) is 2.21. The number of nitrogens with zero attached hydrogens (tertiary/aromatic N) is 3. The summed E-state index contributed by atoms with van der Waals surface area (Å²) < 4.78 is 8.05. The number of nitrogens with one attached hydrogen (secondary N) is 1. The fraction of sp³-hybridized carbons (Fsp3) is 0.296. The van der Waals surface area contributed by atoms with Crippen LogP contribution in [0.3, 0.4) is 0 Å². The topological polar surface area (TPSA) is 69.0 Å². The molecule has 1 amide bonds. The molecule has 35 heavy (non-hydrogen) atoms. The smallest absolute Gasteiger partial charge is 0.242 e. The SMILES string of the molecule is Cc1ccc(C)c(NC(=O)[C@@H](Sc2nnc(-c3cccs3)n2C[C@H]2CCCO2)c2ccccc2)c1. The number of ether oxygens (including phenoxy) is 1. The maximum absolute atomic E-state index is 13.7. The highest BCUT2D eigenvalue weighted by atomic mass is 32.2. The summed E-state index contributed by atoms with van der Waals surface area (Å²) in [4.78, 5) is 14.7. The molecule has 0 aliphatic carbocycles. The fourth-order valence-corrected chi connectivity index (χ4v) is 5.96. The van der Waals surface area contributed by atoms with Crippen molar-refractivity contribution in [2.24, 2.45) is 0 Å². The lowest BCUT2D eigenvalue weighted by molar-refractivity contribution is -0.115. The number of anilines is 1. The zero-order chi connectivity index (χ0) is 24.2. The standard InChI is InChI=1S/C27H28N4O2S2/c1-18-12-13-19(2)22(16-18)28-26(32)24(20-8-4-3-5-9-20)35-27-30-29-25(23-11-7-15-34-23)31(27)17-21-10-6-14-33-21/h3-5,7-9,11-13,15-16,21,24H,6,10,14,17H2,1-2H3,(H,28,32)/t21-,24+/m1/s1. The average molecular weight is 505 g/mol. The van der Waals surface area contributed by atoms with Crippen LogP contribution in [0.2, 0.25) is 0 Å². The highest BCUT2D eigenvalue weighted by Gasteiger charge is 2.28. The third-order valence-electron chi connectivity index (χ3n) is 6.08. The molecule has 1 fully saturated rings. The van der Waals surface area contributed by atoms with Gasteiger partial charge in [0.2, 0.25) is 5.91 Å². The van der Waals surface area contributed by atoms with Crippen molar-refractivity contribution in [2.45, 2.75) is 49.7 Å². The molecule has 0 bridgehead atoms. The summed E-state index contributed by atoms with van der Waals surface area (Å²) in [5, 5.41) is 14.5. The van der Waals surface area contributed by atoms with Gasteiger partial charge in [0.05, 0.1) is 17.5 Å². The van der Waals surface area contributed by atoms with E-state index in [-0.39, 0.29) is 12.0 Å². The van der Waals surface area contributed by atoms with Crippen LogP contribution in [-0.4, -0.2) is 33.4 Å². The van der Waals surface area contributed by atoms with E-state index in [0.29, 0.717) is 11.7 Å². The van der Waals surface area contributed by atoms with Crippen LogP contribution in [0, 0.1) is 13.8 Å². The number of hydrogen-bond donors (Lipinski definition) is 1. The minimum absolute atomic E-state index is 0.0840. The quantitative estimate of drug-likeness (QED) is 0.286. The number of thiophene rings is 1. The Bertz CT molecular complexity index is 1280. The second-order valence-corrected chi connectivity index (χ2v) is 10.8. The molecule has 2 aromatic heterocycles. The normalized spacial score (nSPS) is 16.3. The number of carbonyl (C=O) groups is 1. The lowest BCUT2D eigenvalue weighted by Gasteiger charge is -2.19. The highest BCUT2D eigenvalue weighted by molar-refractivity contribution is 8.00. The Kier molecular flexibility index (Phi) is 7.32. The van der Waals surface area contributed by atoms with Gasteiger partial charge in [0.15, 0.2) is 11.0 Å². The zero-order valence-electron chi connectivity index (χ0n) is 19.8. The Hall–Kier alpha value is -2.94. The Morgan fingerprint density at radius 1 is 1.17 bits per heavy atom. The minimum atomic E-state index is -0.486. The molecule has 180 valence electrons. The highest BCUT2D eigenvalue weighted by Crippen LogP contribution is 2.38. The van der Waals surface area contributed by atoms with Gasteiger partial charge in [-0.2, -0.15) is 0 Å². The maximum atomic E-state index is 13.7. The Morgan fingerprint density at radius 3 is 2.77 bits per heavy atom. The van der Waals surface area contributed by atoms with E-state index in [1.54, 1.807) is 11.3 Å². The van der Waals surface area contributed by atoms with E-state index in [4.69, 9.17) is 4.74 Å². The van der Waals surface area contributed by atoms with Crippen LogP contribution >= 0.6 is 23.1 Å². The van der Waals surface area contributed by atoms with Crippen molar-refractivity contribution in [3.8, 4) is 10.7 Å². The molecule has 6 nitrogen and oxygen atoms in total. The zero-order valence-corrected chi connectivity index (χ0v) is 21.4. The van der Waals surface area contributed by atoms with Crippen LogP contribution in [0.1, 0.15) is 34.8 Å². The third-order valence-corrected chi connectivity index (χ3v) is 8.18. The Morgan fingerprint density at radius 2 is 2.03 bits per heavy atom. The average Bonchev–Trinajstić information content (AvgIpc) is 3.64. The molecule has 0 unspecified atom stereocenters. The lowest BCUT2D eigenvalue weighted by Crippen LogP contribution is -2.21. The molecule has 8 heteroatoms. The van der Waals surface area contributed by atoms with Crippen LogP contribution < -0.4 is 5.32 Å². The maximum Gasteiger partial charge on any atom is 0.242 e. The number of benzene rings is 2. The first-order valence-corrected chi connectivity index (χ1v) is 13.5. The van der Waals surface area contributed by atoms with E-state index in [9.17, 15) is 4.79 Å². The van der Waals surface area contributed by atoms with Crippen molar-refractivity contribution in [1.82, 2.24) is 14.8 Å². The largest absolute Gasteiger partial charge is 0.376 e. The second kappa shape index (κ2) is 10.8. The van der Waals surface area contributed by atoms with Crippen molar-refractivity contribution < 1.29 is 9.53 Å². The number of hydrogen-bond acceptors (Lipinski definition) is 6. The Labute approximate surface area is 213 Å². The van der Waals surface area contributed by atoms with Gasteiger partial charge in [-0.05, 0) is 60.9 Å². The fourth-order valence-electron chi connectivity index (χ4n) is 4.20. The molecule has 1 saturated heterocycles. The number of aryl methyl sites for hydroxylation is 2. The van der Waals surface area contributed by atoms with Crippen molar-refractivity contribution in [3.63, 3.8) is 0 Å². The molecule has 1 aliphatic rings. The van der Waals surface area contributed by atoms with Crippen molar-refractivity contribution in [3.05, 3.63) is 82.7 Å². The lowest BCUT2D eigenvalue weighted by atomic mass is 10.1. The minimum Gasteiger partial charge on any atom is -0.376 e. The van der Waals surface area contributed by atoms with Gasteiger partial charge in [0.1, 0.15) is 5.25 Å². The van der Waals surface area contributed by atoms with Gasteiger partial charge >= 0.3 is 0 Å². The number of rotatable bonds is 8. The monoisotopic (exact) mass is 504 g/mol. The van der Waals surface area contributed by atoms with Crippen LogP contribution in [0.25, 0.3) is 10.7 Å². The summed E-state index contributed by atoms with van der Waals surface area (Å²) >= 11 is 3.07. The predicted molar refractivity (Wildman–Crippen MR) is 142 cm³/mol. The van der Waals surface area contributed by atoms with Gasteiger partial charge in [-0.15, -0.1) is 21.5 Å². The van der Waals surface area contributed by atoms with E-state index < -0.39 is 5.25 Å². The van der Waals surface area contributed by atoms with E-state index in [2.05, 4.69) is 26.1 Å². The molecule has 1 N–H and O–H groups in total. The van der Waals surface area contributed by atoms with Gasteiger partial charge in [0, 0.05) is 12.3 Å². The van der Waals surface area contributed by atoms with Gasteiger partial charge in [-0.3, -0.25) is 9.36 Å². The van der Waals surface area contributed by atoms with Gasteiger partial charge < -0.3 is 10.1 Å². The molecule has 5 rings (SSSR count). The summed E-state index contributed by atoms with van der Waals surface area (Å²) in [5.41, 5.74) is 3.88. The summed E-state index contributed by atoms with van der Waals surface area (Å²) in [5.74, 6) is 0.735. The Balaban J connectivity index is 1.48. The molecule has 0 spiro atoms.